The summed E-state index contributed by atoms with van der Waals surface area (Å²) in [5.41, 5.74) is 0.855. The van der Waals surface area contributed by atoms with Gasteiger partial charge in [0, 0.05) is 11.4 Å². The van der Waals surface area contributed by atoms with Crippen LogP contribution < -0.4 is 10.2 Å². The van der Waals surface area contributed by atoms with E-state index in [0.29, 0.717) is 11.4 Å². The van der Waals surface area contributed by atoms with Gasteiger partial charge in [-0.2, -0.15) is 0 Å². The zero-order chi connectivity index (χ0) is 21.4. The molecule has 0 aliphatic heterocycles. The van der Waals surface area contributed by atoms with Crippen LogP contribution in [0.25, 0.3) is 0 Å². The highest BCUT2D eigenvalue weighted by Gasteiger charge is 2.25. The van der Waals surface area contributed by atoms with Crippen molar-refractivity contribution in [3.63, 3.8) is 0 Å². The van der Waals surface area contributed by atoms with E-state index in [1.165, 1.54) is 12.1 Å². The second-order valence-corrected chi connectivity index (χ2v) is 7.19. The highest BCUT2D eigenvalue weighted by molar-refractivity contribution is 5.93. The number of hydrogen-bond donors (Lipinski definition) is 2. The second kappa shape index (κ2) is 9.59. The molecule has 2 amide bonds. The van der Waals surface area contributed by atoms with E-state index >= 15 is 0 Å². The van der Waals surface area contributed by atoms with Gasteiger partial charge < -0.3 is 14.6 Å². The first kappa shape index (κ1) is 21.7. The summed E-state index contributed by atoms with van der Waals surface area (Å²) in [6, 6.07) is 15.4. The van der Waals surface area contributed by atoms with Gasteiger partial charge >= 0.3 is 18.2 Å². The van der Waals surface area contributed by atoms with Crippen LogP contribution in [0.1, 0.15) is 26.3 Å². The zero-order valence-corrected chi connectivity index (χ0v) is 16.5. The van der Waals surface area contributed by atoms with Crippen LogP contribution in [0.5, 0.6) is 0 Å². The highest BCUT2D eigenvalue weighted by Crippen LogP contribution is 2.21. The number of carboxylic acid groups (broad SMARTS) is 1. The van der Waals surface area contributed by atoms with Crippen LogP contribution in [0.3, 0.4) is 0 Å². The molecule has 0 radical (unpaired) electrons. The summed E-state index contributed by atoms with van der Waals surface area (Å²) in [5.74, 6) is -1.18. The molecule has 0 unspecified atom stereocenters. The smallest absolute Gasteiger partial charge is 0.415 e. The molecule has 0 saturated carbocycles. The van der Waals surface area contributed by atoms with E-state index in [1.54, 1.807) is 32.9 Å². The molecule has 0 aromatic heterocycles. The third kappa shape index (κ3) is 7.53. The van der Waals surface area contributed by atoms with Crippen molar-refractivity contribution in [1.82, 2.24) is 0 Å². The van der Waals surface area contributed by atoms with Crippen molar-refractivity contribution in [2.75, 3.05) is 16.8 Å². The Morgan fingerprint density at radius 1 is 1.00 bits per heavy atom. The molecular weight excluding hydrogens is 376 g/mol. The van der Waals surface area contributed by atoms with E-state index in [1.807, 2.05) is 30.3 Å². The quantitative estimate of drug-likeness (QED) is 0.751. The maximum absolute atomic E-state index is 12.3. The van der Waals surface area contributed by atoms with Gasteiger partial charge in [0.2, 0.25) is 0 Å². The first-order chi connectivity index (χ1) is 13.6. The monoisotopic (exact) mass is 400 g/mol. The van der Waals surface area contributed by atoms with E-state index in [2.05, 4.69) is 5.32 Å². The molecule has 0 heterocycles. The minimum atomic E-state index is -1.18. The van der Waals surface area contributed by atoms with E-state index in [4.69, 9.17) is 14.6 Å². The lowest BCUT2D eigenvalue weighted by Crippen LogP contribution is -2.40. The van der Waals surface area contributed by atoms with Gasteiger partial charge in [-0.25, -0.2) is 9.59 Å². The number of anilines is 2. The Kier molecular flexibility index (Phi) is 7.19. The van der Waals surface area contributed by atoms with Crippen LogP contribution in [0.15, 0.2) is 54.6 Å². The Bertz CT molecular complexity index is 844. The molecule has 0 aliphatic rings. The highest BCUT2D eigenvalue weighted by atomic mass is 16.6. The van der Waals surface area contributed by atoms with Crippen LogP contribution in [0.4, 0.5) is 21.0 Å². The second-order valence-electron chi connectivity index (χ2n) is 7.19. The van der Waals surface area contributed by atoms with Crippen LogP contribution in [0, 0.1) is 0 Å². The van der Waals surface area contributed by atoms with Gasteiger partial charge in [0.25, 0.3) is 0 Å². The number of rotatable bonds is 6. The topological polar surface area (TPSA) is 105 Å². The summed E-state index contributed by atoms with van der Waals surface area (Å²) in [6.07, 6.45) is -1.40. The van der Waals surface area contributed by atoms with Gasteiger partial charge in [-0.15, -0.1) is 0 Å². The van der Waals surface area contributed by atoms with Crippen LogP contribution in [0.2, 0.25) is 0 Å². The Hall–Kier alpha value is -3.55. The summed E-state index contributed by atoms with van der Waals surface area (Å²) in [5, 5.41) is 11.7. The number of carboxylic acids is 1. The van der Waals surface area contributed by atoms with Crippen molar-refractivity contribution in [2.24, 2.45) is 0 Å². The molecule has 2 aromatic carbocycles. The molecule has 2 aromatic rings. The molecule has 0 bridgehead atoms. The Labute approximate surface area is 169 Å². The first-order valence-electron chi connectivity index (χ1n) is 8.94. The lowest BCUT2D eigenvalue weighted by Gasteiger charge is -2.26. The van der Waals surface area contributed by atoms with E-state index in [-0.39, 0.29) is 6.61 Å². The number of hydrogen-bond acceptors (Lipinski definition) is 5. The summed E-state index contributed by atoms with van der Waals surface area (Å²) in [4.78, 5) is 36.4. The molecule has 0 aliphatic carbocycles. The molecule has 0 fully saturated rings. The maximum Gasteiger partial charge on any atom is 0.415 e. The van der Waals surface area contributed by atoms with E-state index < -0.39 is 30.3 Å². The molecular formula is C21H24N2O6. The molecule has 2 rings (SSSR count). The van der Waals surface area contributed by atoms with Crippen molar-refractivity contribution in [2.45, 2.75) is 33.0 Å². The van der Waals surface area contributed by atoms with Crippen molar-refractivity contribution in [1.29, 1.82) is 0 Å². The van der Waals surface area contributed by atoms with Crippen LogP contribution in [-0.2, 0) is 20.9 Å². The number of benzene rings is 2. The summed E-state index contributed by atoms with van der Waals surface area (Å²) < 4.78 is 10.4. The van der Waals surface area contributed by atoms with Crippen molar-refractivity contribution in [3.8, 4) is 0 Å². The number of carbonyl (C=O) groups excluding carboxylic acids is 2. The molecule has 0 atom stereocenters. The van der Waals surface area contributed by atoms with Crippen molar-refractivity contribution >= 4 is 29.5 Å². The number of aliphatic carboxylic acids is 1. The fourth-order valence-corrected chi connectivity index (χ4v) is 2.32. The van der Waals surface area contributed by atoms with Crippen LogP contribution >= 0.6 is 0 Å². The number of amides is 2. The van der Waals surface area contributed by atoms with E-state index in [9.17, 15) is 14.4 Å². The first-order valence-corrected chi connectivity index (χ1v) is 8.94. The Balaban J connectivity index is 2.01. The third-order valence-corrected chi connectivity index (χ3v) is 3.55. The Morgan fingerprint density at radius 3 is 2.17 bits per heavy atom. The summed E-state index contributed by atoms with van der Waals surface area (Å²) in [6.45, 7) is 4.66. The van der Waals surface area contributed by atoms with Gasteiger partial charge in [0.05, 0.1) is 0 Å². The van der Waals surface area contributed by atoms with Crippen molar-refractivity contribution in [3.05, 3.63) is 60.2 Å². The summed E-state index contributed by atoms with van der Waals surface area (Å²) >= 11 is 0. The normalized spacial score (nSPS) is 10.7. The van der Waals surface area contributed by atoms with Crippen molar-refractivity contribution < 1.29 is 29.0 Å². The van der Waals surface area contributed by atoms with Crippen LogP contribution in [-0.4, -0.2) is 35.4 Å². The maximum atomic E-state index is 12.3. The number of nitrogens with one attached hydrogen (secondary N) is 1. The third-order valence-electron chi connectivity index (χ3n) is 3.55. The fourth-order valence-electron chi connectivity index (χ4n) is 2.32. The van der Waals surface area contributed by atoms with E-state index in [0.717, 1.165) is 10.5 Å². The summed E-state index contributed by atoms with van der Waals surface area (Å²) in [7, 11) is 0. The van der Waals surface area contributed by atoms with Gasteiger partial charge in [0.1, 0.15) is 18.8 Å². The molecule has 0 saturated heterocycles. The largest absolute Gasteiger partial charge is 0.480 e. The minimum Gasteiger partial charge on any atom is -0.480 e. The lowest BCUT2D eigenvalue weighted by molar-refractivity contribution is -0.135. The zero-order valence-electron chi connectivity index (χ0n) is 16.5. The average molecular weight is 400 g/mol. The predicted molar refractivity (Wildman–Crippen MR) is 108 cm³/mol. The average Bonchev–Trinajstić information content (AvgIpc) is 2.64. The minimum absolute atomic E-state index is 0.135. The van der Waals surface area contributed by atoms with Gasteiger partial charge in [-0.3, -0.25) is 15.0 Å². The molecule has 8 nitrogen and oxygen atoms in total. The molecule has 29 heavy (non-hydrogen) atoms. The standard InChI is InChI=1S/C21H24N2O6/c1-21(2,3)29-20(27)23(13-18(24)25)17-11-9-16(10-12-17)22-19(26)28-14-15-7-5-4-6-8-15/h4-12H,13-14H2,1-3H3,(H,22,26)(H,24,25). The molecule has 154 valence electrons. The number of nitrogens with zero attached hydrogens (tertiary/aromatic N) is 1. The fraction of sp³-hybridized carbons (Fsp3) is 0.286. The van der Waals surface area contributed by atoms with Gasteiger partial charge in [0.15, 0.2) is 0 Å². The predicted octanol–water partition coefficient (Wildman–Crippen LogP) is 4.26. The lowest BCUT2D eigenvalue weighted by atomic mass is 10.2. The number of carbonyl (C=O) groups is 3. The van der Waals surface area contributed by atoms with Gasteiger partial charge in [-0.1, -0.05) is 30.3 Å². The molecule has 8 heteroatoms. The van der Waals surface area contributed by atoms with Gasteiger partial charge in [-0.05, 0) is 50.6 Å². The number of ether oxygens (including phenoxy) is 2. The SMILES string of the molecule is CC(C)(C)OC(=O)N(CC(=O)O)c1ccc(NC(=O)OCc2ccccc2)cc1. The molecule has 2 N–H and O–H groups in total. The molecule has 0 spiro atoms. The Morgan fingerprint density at radius 2 is 1.62 bits per heavy atom.